The number of carbonyl (C=O) groups is 2. The van der Waals surface area contributed by atoms with Gasteiger partial charge in [0.1, 0.15) is 19.8 Å². The van der Waals surface area contributed by atoms with Crippen molar-refractivity contribution in [1.29, 1.82) is 0 Å². The molecule has 0 spiro atoms. The first-order chi connectivity index (χ1) is 41.0. The number of rotatable bonds is 64. The van der Waals surface area contributed by atoms with Crippen molar-refractivity contribution in [2.75, 3.05) is 47.5 Å². The summed E-state index contributed by atoms with van der Waals surface area (Å²) < 4.78 is 34.7. The maximum atomic E-state index is 12.9. The number of allylic oxidation sites excluding steroid dienone is 16. The monoisotopic (exact) mass is 1190 g/mol. The molecule has 2 unspecified atom stereocenters. The summed E-state index contributed by atoms with van der Waals surface area (Å²) >= 11 is 0. The van der Waals surface area contributed by atoms with Crippen molar-refractivity contribution in [2.24, 2.45) is 0 Å². The fourth-order valence-electron chi connectivity index (χ4n) is 9.76. The van der Waals surface area contributed by atoms with Crippen LogP contribution in [-0.2, 0) is 32.7 Å². The highest BCUT2D eigenvalue weighted by molar-refractivity contribution is 7.47. The van der Waals surface area contributed by atoms with E-state index in [1.54, 1.807) is 0 Å². The van der Waals surface area contributed by atoms with Gasteiger partial charge in [0.2, 0.25) is 0 Å². The first kappa shape index (κ1) is 80.9. The molecule has 0 amide bonds. The van der Waals surface area contributed by atoms with Crippen LogP contribution < -0.4 is 0 Å². The minimum Gasteiger partial charge on any atom is -0.462 e. The number of hydrogen-bond acceptors (Lipinski definition) is 7. The van der Waals surface area contributed by atoms with Gasteiger partial charge in [0.15, 0.2) is 6.10 Å². The van der Waals surface area contributed by atoms with Crippen LogP contribution in [0.5, 0.6) is 0 Å². The van der Waals surface area contributed by atoms with Crippen molar-refractivity contribution in [3.05, 3.63) is 97.2 Å². The van der Waals surface area contributed by atoms with Crippen molar-refractivity contribution in [3.63, 3.8) is 0 Å². The molecule has 10 heteroatoms. The number of phosphoric acid groups is 1. The van der Waals surface area contributed by atoms with E-state index in [4.69, 9.17) is 18.5 Å². The highest BCUT2D eigenvalue weighted by Crippen LogP contribution is 2.43. The molecular weight excluding hydrogens is 1060 g/mol. The van der Waals surface area contributed by atoms with Crippen LogP contribution in [0.15, 0.2) is 97.2 Å². The normalized spacial score (nSPS) is 13.7. The van der Waals surface area contributed by atoms with E-state index in [0.29, 0.717) is 17.4 Å². The van der Waals surface area contributed by atoms with Gasteiger partial charge >= 0.3 is 19.8 Å². The van der Waals surface area contributed by atoms with Gasteiger partial charge in [0.05, 0.1) is 27.7 Å². The maximum absolute atomic E-state index is 12.9. The third kappa shape index (κ3) is 68.0. The molecule has 9 nitrogen and oxygen atoms in total. The van der Waals surface area contributed by atoms with E-state index >= 15 is 0 Å². The topological polar surface area (TPSA) is 108 Å². The third-order valence-corrected chi connectivity index (χ3v) is 16.1. The first-order valence-corrected chi connectivity index (χ1v) is 36.5. The fraction of sp³-hybridized carbons (Fsp3) is 0.757. The Morgan fingerprint density at radius 1 is 0.381 bits per heavy atom. The average molecular weight is 1200 g/mol. The minimum atomic E-state index is -4.40. The standard InChI is InChI=1S/C74H132NO8P/c1-6-8-10-12-14-16-18-20-22-24-26-28-30-32-34-35-36-37-38-39-41-42-44-46-48-50-52-54-56-58-60-62-64-66-73(76)80-70-72(71-82-84(78,79)81-69-68-75(3,4)5)83-74(77)67-65-63-61-59-57-55-53-51-49-47-45-43-40-33-31-29-27-25-23-21-19-17-15-13-11-9-7-2/h9,11,15,17-18,20-21,23-24,26-27,29,33,40,45,47,72H,6-8,10,12-14,16,19,22,25,28,30-32,34-39,41-44,46,48-71H2,1-5H3/p+1/b11-9-,17-15-,20-18-,23-21-,26-24-,29-27-,40-33-,47-45-. The third-order valence-electron chi connectivity index (χ3n) is 15.1. The van der Waals surface area contributed by atoms with Crippen LogP contribution in [-0.4, -0.2) is 74.9 Å². The Hall–Kier alpha value is -3.07. The fourth-order valence-corrected chi connectivity index (χ4v) is 10.5. The van der Waals surface area contributed by atoms with Crippen LogP contribution in [0.3, 0.4) is 0 Å². The van der Waals surface area contributed by atoms with Crippen LogP contribution in [0.25, 0.3) is 0 Å². The lowest BCUT2D eigenvalue weighted by Gasteiger charge is -2.24. The van der Waals surface area contributed by atoms with Gasteiger partial charge in [0, 0.05) is 12.8 Å². The van der Waals surface area contributed by atoms with Crippen LogP contribution in [0.2, 0.25) is 0 Å². The van der Waals surface area contributed by atoms with Crippen molar-refractivity contribution in [2.45, 2.75) is 315 Å². The lowest BCUT2D eigenvalue weighted by molar-refractivity contribution is -0.870. The van der Waals surface area contributed by atoms with Crippen LogP contribution in [0, 0.1) is 0 Å². The van der Waals surface area contributed by atoms with E-state index in [1.807, 2.05) is 21.1 Å². The van der Waals surface area contributed by atoms with Gasteiger partial charge in [-0.05, 0) is 96.3 Å². The van der Waals surface area contributed by atoms with E-state index in [9.17, 15) is 19.0 Å². The molecule has 0 fully saturated rings. The molecule has 0 aromatic heterocycles. The number of hydrogen-bond donors (Lipinski definition) is 1. The molecule has 0 saturated carbocycles. The molecule has 0 aromatic rings. The van der Waals surface area contributed by atoms with E-state index in [-0.39, 0.29) is 32.0 Å². The number of unbranched alkanes of at least 4 members (excludes halogenated alkanes) is 34. The lowest BCUT2D eigenvalue weighted by Crippen LogP contribution is -2.37. The van der Waals surface area contributed by atoms with Crippen molar-refractivity contribution < 1.29 is 42.1 Å². The molecule has 0 saturated heterocycles. The zero-order valence-corrected chi connectivity index (χ0v) is 56.3. The minimum absolute atomic E-state index is 0.0269. The van der Waals surface area contributed by atoms with Gasteiger partial charge in [-0.3, -0.25) is 18.6 Å². The predicted octanol–water partition coefficient (Wildman–Crippen LogP) is 22.7. The SMILES string of the molecule is CC/C=C\C/C=C\C/C=C\C/C=C\C/C=C\C/C=C\CCCCCCCCCCC(=O)OC(COC(=O)CCCCCCCCCCCCCCCCCCCCCCC/C=C\C/C=C\CCCCCCC)COP(=O)(O)OCC[N+](C)(C)C. The Kier molecular flexibility index (Phi) is 62.1. The summed E-state index contributed by atoms with van der Waals surface area (Å²) in [6, 6.07) is 0. The van der Waals surface area contributed by atoms with Crippen LogP contribution in [0.1, 0.15) is 309 Å². The Balaban J connectivity index is 4.05. The number of carbonyl (C=O) groups excluding carboxylic acids is 2. The second-order valence-corrected chi connectivity index (χ2v) is 26.0. The number of nitrogens with zero attached hydrogens (tertiary/aromatic N) is 1. The zero-order valence-electron chi connectivity index (χ0n) is 55.4. The molecule has 0 bridgehead atoms. The molecule has 0 rings (SSSR count). The molecule has 0 aromatic carbocycles. The van der Waals surface area contributed by atoms with Crippen molar-refractivity contribution >= 4 is 19.8 Å². The average Bonchev–Trinajstić information content (AvgIpc) is 3.61. The summed E-state index contributed by atoms with van der Waals surface area (Å²) in [5.74, 6) is -0.800. The highest BCUT2D eigenvalue weighted by Gasteiger charge is 2.27. The van der Waals surface area contributed by atoms with Gasteiger partial charge < -0.3 is 18.9 Å². The van der Waals surface area contributed by atoms with Crippen molar-refractivity contribution in [1.82, 2.24) is 0 Å². The molecule has 486 valence electrons. The van der Waals surface area contributed by atoms with Crippen molar-refractivity contribution in [3.8, 4) is 0 Å². The summed E-state index contributed by atoms with van der Waals surface area (Å²) in [5, 5.41) is 0. The van der Waals surface area contributed by atoms with E-state index in [0.717, 1.165) is 89.9 Å². The van der Waals surface area contributed by atoms with E-state index in [2.05, 4.69) is 111 Å². The zero-order chi connectivity index (χ0) is 61.2. The second-order valence-electron chi connectivity index (χ2n) is 24.5. The van der Waals surface area contributed by atoms with Gasteiger partial charge in [-0.25, -0.2) is 4.57 Å². The largest absolute Gasteiger partial charge is 0.472 e. The van der Waals surface area contributed by atoms with Crippen LogP contribution >= 0.6 is 7.82 Å². The molecule has 0 aliphatic rings. The van der Waals surface area contributed by atoms with E-state index < -0.39 is 26.5 Å². The smallest absolute Gasteiger partial charge is 0.462 e. The number of ether oxygens (including phenoxy) is 2. The predicted molar refractivity (Wildman–Crippen MR) is 362 cm³/mol. The molecule has 84 heavy (non-hydrogen) atoms. The van der Waals surface area contributed by atoms with Gasteiger partial charge in [-0.1, -0.05) is 297 Å². The number of phosphoric ester groups is 1. The Bertz CT molecular complexity index is 1740. The summed E-state index contributed by atoms with van der Waals surface area (Å²) in [6.07, 6.45) is 89.4. The first-order valence-electron chi connectivity index (χ1n) is 35.0. The number of likely N-dealkylation sites (N-methyl/N-ethyl adjacent to an activating group) is 1. The lowest BCUT2D eigenvalue weighted by atomic mass is 10.0. The molecule has 1 N–H and O–H groups in total. The van der Waals surface area contributed by atoms with Crippen LogP contribution in [0.4, 0.5) is 0 Å². The molecule has 0 radical (unpaired) electrons. The molecule has 0 aliphatic carbocycles. The summed E-state index contributed by atoms with van der Waals surface area (Å²) in [4.78, 5) is 35.9. The summed E-state index contributed by atoms with van der Waals surface area (Å²) in [6.45, 7) is 4.33. The summed E-state index contributed by atoms with van der Waals surface area (Å²) in [5.41, 5.74) is 0. The maximum Gasteiger partial charge on any atom is 0.472 e. The second kappa shape index (κ2) is 64.4. The number of esters is 2. The van der Waals surface area contributed by atoms with Gasteiger partial charge in [0.25, 0.3) is 0 Å². The van der Waals surface area contributed by atoms with E-state index in [1.165, 1.54) is 186 Å². The Morgan fingerprint density at radius 3 is 1.01 bits per heavy atom. The molecule has 0 heterocycles. The highest BCUT2D eigenvalue weighted by atomic mass is 31.2. The van der Waals surface area contributed by atoms with Gasteiger partial charge in [-0.2, -0.15) is 0 Å². The Labute approximate surface area is 519 Å². The van der Waals surface area contributed by atoms with Gasteiger partial charge in [-0.15, -0.1) is 0 Å². The molecule has 2 atom stereocenters. The summed E-state index contributed by atoms with van der Waals surface area (Å²) in [7, 11) is 1.47. The number of quaternary nitrogens is 1. The Morgan fingerprint density at radius 2 is 0.679 bits per heavy atom. The molecular formula is C74H133NO8P+. The molecule has 0 aliphatic heterocycles. The quantitative estimate of drug-likeness (QED) is 0.0211.